The van der Waals surface area contributed by atoms with Crippen LogP contribution in [0.2, 0.25) is 0 Å². The first kappa shape index (κ1) is 15.3. The van der Waals surface area contributed by atoms with Crippen LogP contribution in [0.5, 0.6) is 0 Å². The van der Waals surface area contributed by atoms with Gasteiger partial charge in [-0.3, -0.25) is 4.79 Å². The maximum atomic E-state index is 12.5. The monoisotopic (exact) mass is 312 g/mol. The number of carbonyl (C=O) groups is 1. The first-order valence-corrected chi connectivity index (χ1v) is 7.65. The average Bonchev–Trinajstić information content (AvgIpc) is 3.00. The topological polar surface area (TPSA) is 68.3 Å². The fourth-order valence-corrected chi connectivity index (χ4v) is 2.59. The van der Waals surface area contributed by atoms with Crippen molar-refractivity contribution < 1.29 is 13.6 Å². The molecular formula is C18H20N2O3. The predicted molar refractivity (Wildman–Crippen MR) is 89.0 cm³/mol. The van der Waals surface area contributed by atoms with Gasteiger partial charge in [-0.25, -0.2) is 4.98 Å². The van der Waals surface area contributed by atoms with Crippen LogP contribution in [0.3, 0.4) is 0 Å². The lowest BCUT2D eigenvalue weighted by Crippen LogP contribution is -2.13. The minimum Gasteiger partial charge on any atom is -0.466 e. The number of anilines is 1. The third-order valence-corrected chi connectivity index (χ3v) is 3.94. The van der Waals surface area contributed by atoms with Crippen molar-refractivity contribution in [1.29, 1.82) is 0 Å². The molecule has 1 amide bonds. The fourth-order valence-electron chi connectivity index (χ4n) is 2.59. The van der Waals surface area contributed by atoms with Gasteiger partial charge in [0.15, 0.2) is 11.5 Å². The molecule has 0 bridgehead atoms. The maximum absolute atomic E-state index is 12.5. The van der Waals surface area contributed by atoms with Gasteiger partial charge in [0.25, 0.3) is 5.91 Å². The Kier molecular flexibility index (Phi) is 3.72. The van der Waals surface area contributed by atoms with E-state index < -0.39 is 0 Å². The molecule has 5 heteroatoms. The minimum absolute atomic E-state index is 0.177. The van der Waals surface area contributed by atoms with Crippen LogP contribution in [-0.4, -0.2) is 10.9 Å². The Bertz CT molecular complexity index is 887. The number of aryl methyl sites for hydroxylation is 2. The van der Waals surface area contributed by atoms with Crippen LogP contribution in [-0.2, 0) is 0 Å². The highest BCUT2D eigenvalue weighted by molar-refractivity contribution is 6.06. The van der Waals surface area contributed by atoms with Gasteiger partial charge in [0.1, 0.15) is 17.0 Å². The molecule has 1 N–H and O–H groups in total. The summed E-state index contributed by atoms with van der Waals surface area (Å²) in [5.74, 6) is 2.13. The molecule has 3 rings (SSSR count). The number of aromatic nitrogens is 1. The molecule has 23 heavy (non-hydrogen) atoms. The molecule has 0 aliphatic heterocycles. The van der Waals surface area contributed by atoms with E-state index in [1.54, 1.807) is 6.92 Å². The normalized spacial score (nSPS) is 11.4. The van der Waals surface area contributed by atoms with Crippen LogP contribution in [0.15, 0.2) is 27.0 Å². The third kappa shape index (κ3) is 2.74. The number of nitrogens with one attached hydrogen (secondary N) is 1. The Morgan fingerprint density at radius 2 is 1.87 bits per heavy atom. The van der Waals surface area contributed by atoms with Crippen LogP contribution in [0.25, 0.3) is 11.1 Å². The summed E-state index contributed by atoms with van der Waals surface area (Å²) >= 11 is 0. The second kappa shape index (κ2) is 5.57. The summed E-state index contributed by atoms with van der Waals surface area (Å²) in [6.07, 6.45) is 0. The van der Waals surface area contributed by atoms with Crippen molar-refractivity contribution in [3.05, 3.63) is 46.7 Å². The third-order valence-electron chi connectivity index (χ3n) is 3.94. The largest absolute Gasteiger partial charge is 0.466 e. The van der Waals surface area contributed by atoms with E-state index in [0.29, 0.717) is 22.9 Å². The van der Waals surface area contributed by atoms with Crippen molar-refractivity contribution in [2.75, 3.05) is 5.32 Å². The minimum atomic E-state index is -0.177. The summed E-state index contributed by atoms with van der Waals surface area (Å²) in [5, 5.41) is 2.90. The lowest BCUT2D eigenvalue weighted by molar-refractivity contribution is 0.102. The van der Waals surface area contributed by atoms with Gasteiger partial charge in [0.05, 0.1) is 5.56 Å². The molecule has 0 unspecified atom stereocenters. The lowest BCUT2D eigenvalue weighted by Gasteiger charge is -2.05. The van der Waals surface area contributed by atoms with Gasteiger partial charge in [-0.15, -0.1) is 0 Å². The van der Waals surface area contributed by atoms with E-state index in [2.05, 4.69) is 10.3 Å². The van der Waals surface area contributed by atoms with Gasteiger partial charge in [0.2, 0.25) is 0 Å². The number of fused-ring (bicyclic) bond motifs is 1. The van der Waals surface area contributed by atoms with E-state index in [4.69, 9.17) is 8.83 Å². The van der Waals surface area contributed by atoms with E-state index in [1.165, 1.54) is 0 Å². The number of amides is 1. The SMILES string of the molecule is Cc1oc(C)c(C(=O)Nc2ccc3oc(C(C)C)nc3c2)c1C. The van der Waals surface area contributed by atoms with E-state index in [1.807, 2.05) is 45.9 Å². The van der Waals surface area contributed by atoms with E-state index in [-0.39, 0.29) is 11.8 Å². The molecule has 0 saturated heterocycles. The highest BCUT2D eigenvalue weighted by Gasteiger charge is 2.19. The van der Waals surface area contributed by atoms with Crippen LogP contribution in [0.1, 0.15) is 53.1 Å². The predicted octanol–water partition coefficient (Wildman–Crippen LogP) is 4.72. The van der Waals surface area contributed by atoms with Crippen molar-refractivity contribution >= 4 is 22.7 Å². The first-order chi connectivity index (χ1) is 10.9. The van der Waals surface area contributed by atoms with Crippen molar-refractivity contribution in [2.45, 2.75) is 40.5 Å². The van der Waals surface area contributed by atoms with Gasteiger partial charge >= 0.3 is 0 Å². The van der Waals surface area contributed by atoms with Gasteiger partial charge in [0, 0.05) is 17.2 Å². The van der Waals surface area contributed by atoms with Crippen molar-refractivity contribution in [3.63, 3.8) is 0 Å². The Morgan fingerprint density at radius 3 is 2.48 bits per heavy atom. The second-order valence-corrected chi connectivity index (χ2v) is 6.06. The highest BCUT2D eigenvalue weighted by Crippen LogP contribution is 2.25. The van der Waals surface area contributed by atoms with Crippen LogP contribution < -0.4 is 5.32 Å². The number of benzene rings is 1. The fraction of sp³-hybridized carbons (Fsp3) is 0.333. The van der Waals surface area contributed by atoms with Crippen LogP contribution in [0, 0.1) is 20.8 Å². The number of hydrogen-bond acceptors (Lipinski definition) is 4. The molecule has 120 valence electrons. The quantitative estimate of drug-likeness (QED) is 0.759. The molecule has 0 atom stereocenters. The molecule has 1 aromatic carbocycles. The second-order valence-electron chi connectivity index (χ2n) is 6.06. The molecule has 0 saturated carbocycles. The Hall–Kier alpha value is -2.56. The molecule has 0 aliphatic rings. The van der Waals surface area contributed by atoms with E-state index in [0.717, 1.165) is 22.4 Å². The summed E-state index contributed by atoms with van der Waals surface area (Å²) in [6, 6.07) is 5.46. The number of rotatable bonds is 3. The van der Waals surface area contributed by atoms with Crippen molar-refractivity contribution in [2.24, 2.45) is 0 Å². The Labute approximate surface area is 134 Å². The van der Waals surface area contributed by atoms with Crippen LogP contribution in [0.4, 0.5) is 5.69 Å². The zero-order valence-electron chi connectivity index (χ0n) is 14.0. The Balaban J connectivity index is 1.90. The molecule has 3 aromatic rings. The zero-order valence-corrected chi connectivity index (χ0v) is 14.0. The van der Waals surface area contributed by atoms with Crippen LogP contribution >= 0.6 is 0 Å². The molecule has 0 aliphatic carbocycles. The summed E-state index contributed by atoms with van der Waals surface area (Å²) in [4.78, 5) is 17.0. The molecule has 2 aromatic heterocycles. The zero-order chi connectivity index (χ0) is 16.7. The molecule has 0 fully saturated rings. The van der Waals surface area contributed by atoms with Crippen molar-refractivity contribution in [1.82, 2.24) is 4.98 Å². The summed E-state index contributed by atoms with van der Waals surface area (Å²) < 4.78 is 11.2. The number of oxazole rings is 1. The average molecular weight is 312 g/mol. The van der Waals surface area contributed by atoms with Gasteiger partial charge < -0.3 is 14.2 Å². The molecule has 0 spiro atoms. The summed E-state index contributed by atoms with van der Waals surface area (Å²) in [5.41, 5.74) is 3.60. The number of hydrogen-bond donors (Lipinski definition) is 1. The van der Waals surface area contributed by atoms with E-state index >= 15 is 0 Å². The smallest absolute Gasteiger partial charge is 0.259 e. The van der Waals surface area contributed by atoms with Gasteiger partial charge in [-0.2, -0.15) is 0 Å². The number of carbonyl (C=O) groups excluding carboxylic acids is 1. The standard InChI is InChI=1S/C18H20N2O3/c1-9(2)18-20-14-8-13(6-7-15(14)23-18)19-17(21)16-10(3)11(4)22-12(16)5/h6-9H,1-5H3,(H,19,21). The highest BCUT2D eigenvalue weighted by atomic mass is 16.3. The molecule has 0 radical (unpaired) electrons. The van der Waals surface area contributed by atoms with Gasteiger partial charge in [-0.05, 0) is 39.0 Å². The lowest BCUT2D eigenvalue weighted by atomic mass is 10.1. The number of nitrogens with zero attached hydrogens (tertiary/aromatic N) is 1. The molecule has 2 heterocycles. The maximum Gasteiger partial charge on any atom is 0.259 e. The summed E-state index contributed by atoms with van der Waals surface area (Å²) in [6.45, 7) is 9.59. The Morgan fingerprint density at radius 1 is 1.13 bits per heavy atom. The molecular weight excluding hydrogens is 292 g/mol. The molecule has 5 nitrogen and oxygen atoms in total. The van der Waals surface area contributed by atoms with Gasteiger partial charge in [-0.1, -0.05) is 13.8 Å². The number of furan rings is 1. The summed E-state index contributed by atoms with van der Waals surface area (Å²) in [7, 11) is 0. The van der Waals surface area contributed by atoms with Crippen molar-refractivity contribution in [3.8, 4) is 0 Å². The van der Waals surface area contributed by atoms with E-state index in [9.17, 15) is 4.79 Å². The first-order valence-electron chi connectivity index (χ1n) is 7.65.